The van der Waals surface area contributed by atoms with E-state index in [4.69, 9.17) is 4.52 Å². The monoisotopic (exact) mass is 261 g/mol. The van der Waals surface area contributed by atoms with Crippen LogP contribution in [0.2, 0.25) is 0 Å². The Bertz CT molecular complexity index is 600. The Balaban J connectivity index is 2.16. The van der Waals surface area contributed by atoms with Crippen molar-refractivity contribution in [3.8, 4) is 0 Å². The maximum absolute atomic E-state index is 10.9. The van der Waals surface area contributed by atoms with Crippen molar-refractivity contribution < 1.29 is 9.45 Å². The molecule has 1 aromatic carbocycles. The molecule has 6 nitrogen and oxygen atoms in total. The topological polar surface area (TPSA) is 81.2 Å². The van der Waals surface area contributed by atoms with Crippen LogP contribution in [-0.4, -0.2) is 10.1 Å². The highest BCUT2D eigenvalue weighted by Crippen LogP contribution is 2.23. The molecule has 19 heavy (non-hydrogen) atoms. The van der Waals surface area contributed by atoms with Crippen molar-refractivity contribution in [2.24, 2.45) is 0 Å². The maximum atomic E-state index is 10.9. The Morgan fingerprint density at radius 3 is 2.68 bits per heavy atom. The van der Waals surface area contributed by atoms with Crippen molar-refractivity contribution in [2.75, 3.05) is 5.32 Å². The normalized spacial score (nSPS) is 10.5. The molecule has 100 valence electrons. The molecule has 0 saturated heterocycles. The molecule has 0 radical (unpaired) electrons. The van der Waals surface area contributed by atoms with Gasteiger partial charge in [0.25, 0.3) is 5.69 Å². The molecule has 0 aliphatic carbocycles. The van der Waals surface area contributed by atoms with E-state index in [1.165, 1.54) is 6.07 Å². The van der Waals surface area contributed by atoms with E-state index >= 15 is 0 Å². The van der Waals surface area contributed by atoms with Gasteiger partial charge < -0.3 is 9.84 Å². The molecule has 0 bridgehead atoms. The molecule has 1 heterocycles. The minimum Gasteiger partial charge on any atom is -0.381 e. The van der Waals surface area contributed by atoms with Gasteiger partial charge in [0.2, 0.25) is 0 Å². The van der Waals surface area contributed by atoms with Gasteiger partial charge in [0.05, 0.1) is 10.6 Å². The van der Waals surface area contributed by atoms with Gasteiger partial charge in [0.1, 0.15) is 5.76 Å². The van der Waals surface area contributed by atoms with Crippen LogP contribution >= 0.6 is 0 Å². The van der Waals surface area contributed by atoms with Crippen LogP contribution in [0.25, 0.3) is 0 Å². The average molecular weight is 261 g/mol. The number of anilines is 1. The minimum absolute atomic E-state index is 0.115. The lowest BCUT2D eigenvalue weighted by atomic mass is 10.1. The second-order valence-electron chi connectivity index (χ2n) is 4.41. The summed E-state index contributed by atoms with van der Waals surface area (Å²) in [5.41, 5.74) is 3.27. The number of rotatable bonds is 4. The molecule has 2 aromatic rings. The molecular weight excluding hydrogens is 246 g/mol. The van der Waals surface area contributed by atoms with Gasteiger partial charge in [-0.2, -0.15) is 0 Å². The Hall–Kier alpha value is -2.37. The van der Waals surface area contributed by atoms with Gasteiger partial charge in [0.15, 0.2) is 0 Å². The van der Waals surface area contributed by atoms with Gasteiger partial charge in [-0.05, 0) is 26.8 Å². The zero-order valence-electron chi connectivity index (χ0n) is 11.1. The van der Waals surface area contributed by atoms with Crippen molar-refractivity contribution in [3.05, 3.63) is 50.9 Å². The van der Waals surface area contributed by atoms with Crippen LogP contribution in [0, 0.1) is 30.9 Å². The fraction of sp³-hybridized carbons (Fsp3) is 0.308. The smallest absolute Gasteiger partial charge is 0.274 e. The van der Waals surface area contributed by atoms with E-state index in [1.807, 2.05) is 19.9 Å². The first-order chi connectivity index (χ1) is 8.99. The number of aryl methyl sites for hydroxylation is 3. The summed E-state index contributed by atoms with van der Waals surface area (Å²) in [7, 11) is 0. The van der Waals surface area contributed by atoms with Crippen LogP contribution in [-0.2, 0) is 6.54 Å². The summed E-state index contributed by atoms with van der Waals surface area (Å²) in [6.07, 6.45) is 0. The quantitative estimate of drug-likeness (QED) is 0.675. The molecule has 0 atom stereocenters. The molecule has 1 N–H and O–H groups in total. The summed E-state index contributed by atoms with van der Waals surface area (Å²) >= 11 is 0. The highest BCUT2D eigenvalue weighted by atomic mass is 16.6. The van der Waals surface area contributed by atoms with Crippen LogP contribution in [0.15, 0.2) is 22.7 Å². The second kappa shape index (κ2) is 5.09. The fourth-order valence-corrected chi connectivity index (χ4v) is 1.86. The SMILES string of the molecule is Cc1ccc(NCc2c(C)noc2C)cc1[N+](=O)[O-]. The Labute approximate surface area is 110 Å². The van der Waals surface area contributed by atoms with Gasteiger partial charge in [0, 0.05) is 29.4 Å². The summed E-state index contributed by atoms with van der Waals surface area (Å²) in [5.74, 6) is 0.756. The molecule has 1 aromatic heterocycles. The number of nitro groups is 1. The Morgan fingerprint density at radius 2 is 2.11 bits per heavy atom. The predicted molar refractivity (Wildman–Crippen MR) is 71.1 cm³/mol. The molecule has 0 unspecified atom stereocenters. The number of nitrogens with zero attached hydrogens (tertiary/aromatic N) is 2. The number of nitrogens with one attached hydrogen (secondary N) is 1. The molecule has 0 amide bonds. The lowest BCUT2D eigenvalue weighted by molar-refractivity contribution is -0.385. The van der Waals surface area contributed by atoms with E-state index in [-0.39, 0.29) is 10.6 Å². The highest BCUT2D eigenvalue weighted by molar-refractivity contribution is 5.55. The summed E-state index contributed by atoms with van der Waals surface area (Å²) in [6.45, 7) is 5.96. The standard InChI is InChI=1S/C13H15N3O3/c1-8-4-5-11(6-13(8)16(17)18)14-7-12-9(2)15-19-10(12)3/h4-6,14H,7H2,1-3H3. The number of hydrogen-bond donors (Lipinski definition) is 1. The van der Waals surface area contributed by atoms with Gasteiger partial charge >= 0.3 is 0 Å². The lowest BCUT2D eigenvalue weighted by Gasteiger charge is -2.06. The molecule has 2 rings (SSSR count). The van der Waals surface area contributed by atoms with Crippen LogP contribution in [0.5, 0.6) is 0 Å². The highest BCUT2D eigenvalue weighted by Gasteiger charge is 2.12. The van der Waals surface area contributed by atoms with Gasteiger partial charge in [-0.15, -0.1) is 0 Å². The van der Waals surface area contributed by atoms with E-state index in [9.17, 15) is 10.1 Å². The molecule has 0 spiro atoms. The average Bonchev–Trinajstić information content (AvgIpc) is 2.68. The van der Waals surface area contributed by atoms with Gasteiger partial charge in [-0.1, -0.05) is 11.2 Å². The van der Waals surface area contributed by atoms with Crippen molar-refractivity contribution in [1.82, 2.24) is 5.16 Å². The van der Waals surface area contributed by atoms with Crippen molar-refractivity contribution in [3.63, 3.8) is 0 Å². The van der Waals surface area contributed by atoms with E-state index in [1.54, 1.807) is 13.0 Å². The summed E-state index contributed by atoms with van der Waals surface area (Å²) in [4.78, 5) is 10.5. The fourth-order valence-electron chi connectivity index (χ4n) is 1.86. The summed E-state index contributed by atoms with van der Waals surface area (Å²) in [5, 5.41) is 17.9. The van der Waals surface area contributed by atoms with E-state index in [2.05, 4.69) is 10.5 Å². The third-order valence-electron chi connectivity index (χ3n) is 3.06. The molecule has 0 saturated carbocycles. The Kier molecular flexibility index (Phi) is 3.50. The van der Waals surface area contributed by atoms with Gasteiger partial charge in [-0.3, -0.25) is 10.1 Å². The molecular formula is C13H15N3O3. The zero-order chi connectivity index (χ0) is 14.0. The van der Waals surface area contributed by atoms with Crippen LogP contribution in [0.1, 0.15) is 22.6 Å². The number of aromatic nitrogens is 1. The van der Waals surface area contributed by atoms with Crippen LogP contribution in [0.3, 0.4) is 0 Å². The number of nitro benzene ring substituents is 1. The molecule has 6 heteroatoms. The van der Waals surface area contributed by atoms with E-state index in [0.717, 1.165) is 17.0 Å². The maximum Gasteiger partial charge on any atom is 0.274 e. The van der Waals surface area contributed by atoms with Crippen molar-refractivity contribution in [1.29, 1.82) is 0 Å². The first kappa shape index (κ1) is 13.1. The predicted octanol–water partition coefficient (Wildman–Crippen LogP) is 3.12. The van der Waals surface area contributed by atoms with E-state index < -0.39 is 0 Å². The minimum atomic E-state index is -0.379. The summed E-state index contributed by atoms with van der Waals surface area (Å²) in [6, 6.07) is 5.09. The third kappa shape index (κ3) is 2.73. The molecule has 0 aliphatic rings. The second-order valence-corrected chi connectivity index (χ2v) is 4.41. The Morgan fingerprint density at radius 1 is 1.37 bits per heavy atom. The van der Waals surface area contributed by atoms with Crippen LogP contribution < -0.4 is 5.32 Å². The van der Waals surface area contributed by atoms with Gasteiger partial charge in [-0.25, -0.2) is 0 Å². The molecule has 0 aliphatic heterocycles. The van der Waals surface area contributed by atoms with Crippen LogP contribution in [0.4, 0.5) is 11.4 Å². The summed E-state index contributed by atoms with van der Waals surface area (Å²) < 4.78 is 5.07. The number of hydrogen-bond acceptors (Lipinski definition) is 5. The zero-order valence-corrected chi connectivity index (χ0v) is 11.1. The van der Waals surface area contributed by atoms with Crippen molar-refractivity contribution >= 4 is 11.4 Å². The largest absolute Gasteiger partial charge is 0.381 e. The van der Waals surface area contributed by atoms with E-state index in [0.29, 0.717) is 17.8 Å². The third-order valence-corrected chi connectivity index (χ3v) is 3.06. The lowest BCUT2D eigenvalue weighted by Crippen LogP contribution is -2.02. The van der Waals surface area contributed by atoms with Crippen molar-refractivity contribution in [2.45, 2.75) is 27.3 Å². The first-order valence-electron chi connectivity index (χ1n) is 5.89. The number of benzene rings is 1. The first-order valence-corrected chi connectivity index (χ1v) is 5.89. The molecule has 0 fully saturated rings.